The number of carboxylic acids is 1. The average Bonchev–Trinajstić information content (AvgIpc) is 3.08. The Bertz CT molecular complexity index is 357. The van der Waals surface area contributed by atoms with Crippen LogP contribution in [0.4, 0.5) is 4.79 Å². The number of likely N-dealkylation sites (tertiary alicyclic amines) is 1. The summed E-state index contributed by atoms with van der Waals surface area (Å²) >= 11 is 0. The van der Waals surface area contributed by atoms with Crippen molar-refractivity contribution in [3.8, 4) is 0 Å². The minimum absolute atomic E-state index is 0.126. The largest absolute Gasteiger partial charge is 0.480 e. The van der Waals surface area contributed by atoms with Gasteiger partial charge in [-0.1, -0.05) is 6.92 Å². The highest BCUT2D eigenvalue weighted by Gasteiger charge is 2.41. The standard InChI is InChI=1S/C13H22N2O4/c1-2-5-14(7-9-3-4-9)13(19)15-8-10(16)6-11(15)12(17)18/h9-11,16H,2-8H2,1H3,(H,17,18)/t10?,11-/m0/s1. The Morgan fingerprint density at radius 3 is 2.58 bits per heavy atom. The molecule has 6 heteroatoms. The summed E-state index contributed by atoms with van der Waals surface area (Å²) in [4.78, 5) is 26.6. The third-order valence-electron chi connectivity index (χ3n) is 3.75. The number of carboxylic acid groups (broad SMARTS) is 1. The monoisotopic (exact) mass is 270 g/mol. The average molecular weight is 270 g/mol. The van der Waals surface area contributed by atoms with Gasteiger partial charge in [0.15, 0.2) is 0 Å². The number of aliphatic hydroxyl groups is 1. The van der Waals surface area contributed by atoms with E-state index in [1.165, 1.54) is 4.90 Å². The molecular formula is C13H22N2O4. The molecular weight excluding hydrogens is 248 g/mol. The molecule has 2 amide bonds. The molecule has 6 nitrogen and oxygen atoms in total. The first kappa shape index (κ1) is 14.1. The van der Waals surface area contributed by atoms with Crippen LogP contribution in [0.15, 0.2) is 0 Å². The first-order valence-electron chi connectivity index (χ1n) is 6.99. The lowest BCUT2D eigenvalue weighted by molar-refractivity contribution is -0.141. The quantitative estimate of drug-likeness (QED) is 0.772. The second-order valence-electron chi connectivity index (χ2n) is 5.57. The summed E-state index contributed by atoms with van der Waals surface area (Å²) in [5, 5.41) is 18.7. The van der Waals surface area contributed by atoms with Crippen LogP contribution < -0.4 is 0 Å². The van der Waals surface area contributed by atoms with Gasteiger partial charge in [0.1, 0.15) is 6.04 Å². The molecule has 2 rings (SSSR count). The van der Waals surface area contributed by atoms with Crippen LogP contribution >= 0.6 is 0 Å². The van der Waals surface area contributed by atoms with Crippen molar-refractivity contribution in [2.45, 2.75) is 44.8 Å². The van der Waals surface area contributed by atoms with E-state index in [2.05, 4.69) is 0 Å². The van der Waals surface area contributed by atoms with Gasteiger partial charge in [-0.15, -0.1) is 0 Å². The predicted molar refractivity (Wildman–Crippen MR) is 68.7 cm³/mol. The second kappa shape index (κ2) is 5.77. The van der Waals surface area contributed by atoms with Gasteiger partial charge in [-0.25, -0.2) is 9.59 Å². The normalized spacial score (nSPS) is 26.5. The van der Waals surface area contributed by atoms with E-state index in [0.29, 0.717) is 19.0 Å². The van der Waals surface area contributed by atoms with Crippen molar-refractivity contribution in [3.05, 3.63) is 0 Å². The maximum atomic E-state index is 12.4. The zero-order valence-corrected chi connectivity index (χ0v) is 11.3. The number of amides is 2. The maximum Gasteiger partial charge on any atom is 0.326 e. The first-order valence-corrected chi connectivity index (χ1v) is 6.99. The minimum atomic E-state index is -1.03. The number of carbonyl (C=O) groups excluding carboxylic acids is 1. The van der Waals surface area contributed by atoms with Crippen LogP contribution in [0.5, 0.6) is 0 Å². The summed E-state index contributed by atoms with van der Waals surface area (Å²) in [6, 6.07) is -1.13. The molecule has 0 radical (unpaired) electrons. The molecule has 0 aromatic rings. The number of hydrogen-bond donors (Lipinski definition) is 2. The van der Waals surface area contributed by atoms with Crippen LogP contribution in [0.2, 0.25) is 0 Å². The number of urea groups is 1. The molecule has 1 saturated heterocycles. The highest BCUT2D eigenvalue weighted by molar-refractivity contribution is 5.83. The third-order valence-corrected chi connectivity index (χ3v) is 3.75. The molecule has 0 aromatic heterocycles. The van der Waals surface area contributed by atoms with Gasteiger partial charge in [-0.2, -0.15) is 0 Å². The van der Waals surface area contributed by atoms with E-state index in [0.717, 1.165) is 19.3 Å². The van der Waals surface area contributed by atoms with E-state index in [1.54, 1.807) is 4.90 Å². The molecule has 2 fully saturated rings. The Morgan fingerprint density at radius 2 is 2.05 bits per heavy atom. The molecule has 0 aromatic carbocycles. The predicted octanol–water partition coefficient (Wildman–Crippen LogP) is 0.748. The number of carbonyl (C=O) groups is 2. The number of aliphatic carboxylic acids is 1. The molecule has 1 heterocycles. The van der Waals surface area contributed by atoms with Crippen LogP contribution in [0, 0.1) is 5.92 Å². The van der Waals surface area contributed by atoms with Crippen LogP contribution in [0.25, 0.3) is 0 Å². The lowest BCUT2D eigenvalue weighted by atomic mass is 10.2. The fraction of sp³-hybridized carbons (Fsp3) is 0.846. The van der Waals surface area contributed by atoms with E-state index < -0.39 is 18.1 Å². The lowest BCUT2D eigenvalue weighted by Crippen LogP contribution is -2.49. The molecule has 2 N–H and O–H groups in total. The van der Waals surface area contributed by atoms with Crippen molar-refractivity contribution in [2.24, 2.45) is 5.92 Å². The Morgan fingerprint density at radius 1 is 1.37 bits per heavy atom. The molecule has 2 aliphatic rings. The molecule has 1 aliphatic heterocycles. The Hall–Kier alpha value is -1.30. The smallest absolute Gasteiger partial charge is 0.326 e. The van der Waals surface area contributed by atoms with E-state index in [4.69, 9.17) is 5.11 Å². The van der Waals surface area contributed by atoms with E-state index in [9.17, 15) is 14.7 Å². The van der Waals surface area contributed by atoms with Gasteiger partial charge in [0, 0.05) is 26.1 Å². The van der Waals surface area contributed by atoms with Crippen molar-refractivity contribution in [1.82, 2.24) is 9.80 Å². The van der Waals surface area contributed by atoms with Crippen molar-refractivity contribution in [1.29, 1.82) is 0 Å². The summed E-state index contributed by atoms with van der Waals surface area (Å²) in [6.45, 7) is 3.49. The van der Waals surface area contributed by atoms with E-state index in [1.807, 2.05) is 6.92 Å². The number of β-amino-alcohol motifs (C(OH)–C–C–N with tert-alkyl or cyclic N) is 1. The van der Waals surface area contributed by atoms with Gasteiger partial charge in [-0.3, -0.25) is 0 Å². The lowest BCUT2D eigenvalue weighted by Gasteiger charge is -2.30. The van der Waals surface area contributed by atoms with Crippen molar-refractivity contribution < 1.29 is 19.8 Å². The molecule has 19 heavy (non-hydrogen) atoms. The van der Waals surface area contributed by atoms with Crippen molar-refractivity contribution in [3.63, 3.8) is 0 Å². The number of rotatable bonds is 5. The zero-order chi connectivity index (χ0) is 14.0. The Labute approximate surface area is 113 Å². The van der Waals surface area contributed by atoms with Crippen LogP contribution in [0.3, 0.4) is 0 Å². The van der Waals surface area contributed by atoms with Gasteiger partial charge >= 0.3 is 12.0 Å². The molecule has 0 spiro atoms. The fourth-order valence-corrected chi connectivity index (χ4v) is 2.59. The van der Waals surface area contributed by atoms with Crippen molar-refractivity contribution in [2.75, 3.05) is 19.6 Å². The molecule has 1 aliphatic carbocycles. The summed E-state index contributed by atoms with van der Waals surface area (Å²) in [5.74, 6) is -0.459. The first-order chi connectivity index (χ1) is 9.02. The summed E-state index contributed by atoms with van der Waals surface area (Å²) in [5.41, 5.74) is 0. The van der Waals surface area contributed by atoms with E-state index >= 15 is 0 Å². The topological polar surface area (TPSA) is 81.1 Å². The summed E-state index contributed by atoms with van der Waals surface area (Å²) in [6.07, 6.45) is 2.56. The minimum Gasteiger partial charge on any atom is -0.480 e. The molecule has 1 saturated carbocycles. The van der Waals surface area contributed by atoms with Crippen LogP contribution in [-0.4, -0.2) is 63.8 Å². The number of hydrogen-bond acceptors (Lipinski definition) is 3. The third kappa shape index (κ3) is 3.37. The molecule has 1 unspecified atom stereocenters. The SMILES string of the molecule is CCCN(CC1CC1)C(=O)N1CC(O)C[C@H]1C(=O)O. The van der Waals surface area contributed by atoms with Crippen LogP contribution in [-0.2, 0) is 4.79 Å². The van der Waals surface area contributed by atoms with Gasteiger partial charge < -0.3 is 20.0 Å². The van der Waals surface area contributed by atoms with E-state index in [-0.39, 0.29) is 19.0 Å². The highest BCUT2D eigenvalue weighted by atomic mass is 16.4. The second-order valence-corrected chi connectivity index (χ2v) is 5.57. The summed E-state index contributed by atoms with van der Waals surface area (Å²) in [7, 11) is 0. The highest BCUT2D eigenvalue weighted by Crippen LogP contribution is 2.30. The Kier molecular flexibility index (Phi) is 4.29. The van der Waals surface area contributed by atoms with Gasteiger partial charge in [-0.05, 0) is 25.2 Å². The maximum absolute atomic E-state index is 12.4. The Balaban J connectivity index is 2.03. The van der Waals surface area contributed by atoms with Crippen LogP contribution in [0.1, 0.15) is 32.6 Å². The van der Waals surface area contributed by atoms with Gasteiger partial charge in [0.05, 0.1) is 6.10 Å². The number of nitrogens with zero attached hydrogens (tertiary/aromatic N) is 2. The number of aliphatic hydroxyl groups excluding tert-OH is 1. The summed E-state index contributed by atoms with van der Waals surface area (Å²) < 4.78 is 0. The molecule has 108 valence electrons. The zero-order valence-electron chi connectivity index (χ0n) is 11.3. The molecule has 0 bridgehead atoms. The van der Waals surface area contributed by atoms with Gasteiger partial charge in [0.25, 0.3) is 0 Å². The molecule has 2 atom stereocenters. The van der Waals surface area contributed by atoms with Crippen molar-refractivity contribution >= 4 is 12.0 Å². The van der Waals surface area contributed by atoms with Gasteiger partial charge in [0.2, 0.25) is 0 Å². The fourth-order valence-electron chi connectivity index (χ4n) is 2.59.